The summed E-state index contributed by atoms with van der Waals surface area (Å²) in [5, 5.41) is 0. The third kappa shape index (κ3) is 53.6. The van der Waals surface area contributed by atoms with Crippen LogP contribution in [0.15, 0.2) is 0 Å². The summed E-state index contributed by atoms with van der Waals surface area (Å²) in [6.45, 7) is 19.0. The second-order valence-corrected chi connectivity index (χ2v) is 23.1. The Morgan fingerprint density at radius 1 is 0.329 bits per heavy atom. The van der Waals surface area contributed by atoms with Crippen LogP contribution in [0.4, 0.5) is 0 Å². The van der Waals surface area contributed by atoms with Crippen LogP contribution in [-0.4, -0.2) is 74.1 Å². The fourth-order valence-electron chi connectivity index (χ4n) is 10.4. The van der Waals surface area contributed by atoms with Gasteiger partial charge in [-0.3, -0.25) is 14.4 Å². The molecular formula is C66H132N2O5. The third-order valence-electron chi connectivity index (χ3n) is 15.5. The lowest BCUT2D eigenvalue weighted by molar-refractivity contribution is -0.146. The van der Waals surface area contributed by atoms with Crippen LogP contribution in [-0.2, 0) is 23.9 Å². The topological polar surface area (TPSA) is 76.2 Å². The van der Waals surface area contributed by atoms with Crippen LogP contribution in [0.25, 0.3) is 0 Å². The van der Waals surface area contributed by atoms with Crippen LogP contribution >= 0.6 is 0 Å². The molecule has 0 saturated heterocycles. The SMILES string of the molecule is CCCCCCCCC(=O)N(CCCN(C)C)C(CC)CCCCCCCCC(=O)OCC(CCCCCC)CCCCCCCC.CCCCCCCCC(CCCCCC)COC(=O)CCCCCCC. The van der Waals surface area contributed by atoms with Gasteiger partial charge in [-0.2, -0.15) is 0 Å². The molecule has 436 valence electrons. The summed E-state index contributed by atoms with van der Waals surface area (Å²) in [7, 11) is 4.24. The molecule has 1 amide bonds. The van der Waals surface area contributed by atoms with Crippen molar-refractivity contribution in [2.75, 3.05) is 40.4 Å². The Labute approximate surface area is 458 Å². The van der Waals surface area contributed by atoms with Crippen LogP contribution < -0.4 is 0 Å². The predicted molar refractivity (Wildman–Crippen MR) is 320 cm³/mol. The van der Waals surface area contributed by atoms with E-state index in [0.29, 0.717) is 56.3 Å². The molecule has 0 radical (unpaired) electrons. The molecular weight excluding hydrogens is 901 g/mol. The molecule has 0 aromatic heterocycles. The van der Waals surface area contributed by atoms with Gasteiger partial charge < -0.3 is 19.3 Å². The average Bonchev–Trinajstić information content (AvgIpc) is 3.38. The zero-order chi connectivity index (χ0) is 54.1. The highest BCUT2D eigenvalue weighted by Crippen LogP contribution is 2.23. The molecule has 73 heavy (non-hydrogen) atoms. The lowest BCUT2D eigenvalue weighted by Gasteiger charge is -2.32. The maximum atomic E-state index is 13.3. The second kappa shape index (κ2) is 59.6. The van der Waals surface area contributed by atoms with Gasteiger partial charge in [0.05, 0.1) is 13.2 Å². The molecule has 0 aromatic rings. The highest BCUT2D eigenvalue weighted by atomic mass is 16.5. The minimum Gasteiger partial charge on any atom is -0.465 e. The first kappa shape index (κ1) is 73.4. The summed E-state index contributed by atoms with van der Waals surface area (Å²) >= 11 is 0. The lowest BCUT2D eigenvalue weighted by Crippen LogP contribution is -2.41. The highest BCUT2D eigenvalue weighted by molar-refractivity contribution is 5.76. The van der Waals surface area contributed by atoms with Crippen molar-refractivity contribution in [3.8, 4) is 0 Å². The van der Waals surface area contributed by atoms with Crippen LogP contribution in [0, 0.1) is 11.8 Å². The first-order valence-corrected chi connectivity index (χ1v) is 32.9. The molecule has 0 saturated carbocycles. The van der Waals surface area contributed by atoms with Gasteiger partial charge in [0.15, 0.2) is 0 Å². The Bertz CT molecular complexity index is 1130. The number of hydrogen-bond acceptors (Lipinski definition) is 6. The van der Waals surface area contributed by atoms with Crippen molar-refractivity contribution in [1.29, 1.82) is 0 Å². The van der Waals surface area contributed by atoms with Gasteiger partial charge in [-0.1, -0.05) is 267 Å². The van der Waals surface area contributed by atoms with E-state index in [-0.39, 0.29) is 11.9 Å². The summed E-state index contributed by atoms with van der Waals surface area (Å²) in [6.07, 6.45) is 56.7. The van der Waals surface area contributed by atoms with E-state index in [2.05, 4.69) is 72.4 Å². The van der Waals surface area contributed by atoms with Gasteiger partial charge in [0.1, 0.15) is 0 Å². The molecule has 0 fully saturated rings. The van der Waals surface area contributed by atoms with Crippen LogP contribution in [0.1, 0.15) is 350 Å². The van der Waals surface area contributed by atoms with Crippen molar-refractivity contribution >= 4 is 17.8 Å². The minimum atomic E-state index is 0.0114. The Balaban J connectivity index is 0. The number of ether oxygens (including phenoxy) is 2. The molecule has 0 spiro atoms. The number of amides is 1. The van der Waals surface area contributed by atoms with Crippen LogP contribution in [0.3, 0.4) is 0 Å². The molecule has 0 bridgehead atoms. The van der Waals surface area contributed by atoms with Crippen LogP contribution in [0.5, 0.6) is 0 Å². The van der Waals surface area contributed by atoms with Crippen molar-refractivity contribution < 1.29 is 23.9 Å². The molecule has 0 aliphatic heterocycles. The number of hydrogen-bond donors (Lipinski definition) is 0. The Kier molecular flexibility index (Phi) is 60.0. The van der Waals surface area contributed by atoms with E-state index in [1.807, 2.05) is 0 Å². The molecule has 0 N–H and O–H groups in total. The number of esters is 2. The van der Waals surface area contributed by atoms with Gasteiger partial charge in [0, 0.05) is 31.8 Å². The fraction of sp³-hybridized carbons (Fsp3) is 0.955. The lowest BCUT2D eigenvalue weighted by atomic mass is 9.95. The van der Waals surface area contributed by atoms with E-state index in [0.717, 1.165) is 58.0 Å². The number of unbranched alkanes of at least 4 members (excludes halogenated alkanes) is 30. The fourth-order valence-corrected chi connectivity index (χ4v) is 10.4. The normalized spacial score (nSPS) is 12.6. The van der Waals surface area contributed by atoms with E-state index in [9.17, 15) is 14.4 Å². The van der Waals surface area contributed by atoms with Gasteiger partial charge in [-0.05, 0) is 96.7 Å². The molecule has 0 aromatic carbocycles. The minimum absolute atomic E-state index is 0.0114. The quantitative estimate of drug-likeness (QED) is 0.0446. The molecule has 0 aliphatic carbocycles. The Hall–Kier alpha value is -1.63. The first-order chi connectivity index (χ1) is 35.6. The summed E-state index contributed by atoms with van der Waals surface area (Å²) in [5.41, 5.74) is 0. The van der Waals surface area contributed by atoms with Crippen molar-refractivity contribution in [2.24, 2.45) is 11.8 Å². The molecule has 3 unspecified atom stereocenters. The van der Waals surface area contributed by atoms with Crippen LogP contribution in [0.2, 0.25) is 0 Å². The monoisotopic (exact) mass is 1030 g/mol. The second-order valence-electron chi connectivity index (χ2n) is 23.1. The molecule has 7 nitrogen and oxygen atoms in total. The van der Waals surface area contributed by atoms with E-state index in [1.54, 1.807) is 0 Å². The summed E-state index contributed by atoms with van der Waals surface area (Å²) < 4.78 is 11.4. The molecule has 0 rings (SSSR count). The maximum Gasteiger partial charge on any atom is 0.305 e. The van der Waals surface area contributed by atoms with Crippen molar-refractivity contribution in [3.05, 3.63) is 0 Å². The van der Waals surface area contributed by atoms with E-state index >= 15 is 0 Å². The smallest absolute Gasteiger partial charge is 0.305 e. The Morgan fingerprint density at radius 2 is 0.616 bits per heavy atom. The summed E-state index contributed by atoms with van der Waals surface area (Å²) in [6, 6.07) is 0.371. The summed E-state index contributed by atoms with van der Waals surface area (Å²) in [4.78, 5) is 42.2. The number of carbonyl (C=O) groups excluding carboxylic acids is 3. The number of nitrogens with zero attached hydrogens (tertiary/aromatic N) is 2. The predicted octanol–water partition coefficient (Wildman–Crippen LogP) is 20.5. The van der Waals surface area contributed by atoms with Crippen molar-refractivity contribution in [2.45, 2.75) is 356 Å². The van der Waals surface area contributed by atoms with Crippen molar-refractivity contribution in [1.82, 2.24) is 9.80 Å². The van der Waals surface area contributed by atoms with Gasteiger partial charge in [-0.25, -0.2) is 0 Å². The number of carbonyl (C=O) groups is 3. The van der Waals surface area contributed by atoms with Gasteiger partial charge in [0.25, 0.3) is 0 Å². The average molecular weight is 1030 g/mol. The maximum absolute atomic E-state index is 13.3. The van der Waals surface area contributed by atoms with Gasteiger partial charge in [-0.15, -0.1) is 0 Å². The standard InChI is InChI=1S/C42H84N2O3.C24H48O2/c1-7-11-14-17-21-26-32-39(31-25-16-13-9-3)38-47-42(46)35-29-24-20-19-22-27-33-40(10-4)44(37-30-36-43(5)6)41(45)34-28-23-18-15-12-8-2;1-4-7-10-13-15-17-20-23(19-16-12-9-6-3)22-26-24(25)21-18-14-11-8-5-2/h39-40H,7-38H2,1-6H3;23H,4-22H2,1-3H3. The molecule has 3 atom stereocenters. The van der Waals surface area contributed by atoms with Gasteiger partial charge >= 0.3 is 11.9 Å². The molecule has 7 heteroatoms. The third-order valence-corrected chi connectivity index (χ3v) is 15.5. The largest absolute Gasteiger partial charge is 0.465 e. The zero-order valence-electron chi connectivity index (χ0n) is 51.2. The highest BCUT2D eigenvalue weighted by Gasteiger charge is 2.22. The van der Waals surface area contributed by atoms with E-state index in [1.165, 1.54) is 238 Å². The van der Waals surface area contributed by atoms with Crippen molar-refractivity contribution in [3.63, 3.8) is 0 Å². The van der Waals surface area contributed by atoms with E-state index in [4.69, 9.17) is 9.47 Å². The molecule has 0 aliphatic rings. The van der Waals surface area contributed by atoms with E-state index < -0.39 is 0 Å². The number of rotatable bonds is 56. The van der Waals surface area contributed by atoms with Gasteiger partial charge in [0.2, 0.25) is 5.91 Å². The Morgan fingerprint density at radius 3 is 0.945 bits per heavy atom. The first-order valence-electron chi connectivity index (χ1n) is 32.9. The summed E-state index contributed by atoms with van der Waals surface area (Å²) in [5.74, 6) is 1.55. The zero-order valence-corrected chi connectivity index (χ0v) is 51.2. The molecule has 0 heterocycles.